The van der Waals surface area contributed by atoms with Gasteiger partial charge in [0.25, 0.3) is 0 Å². The number of rotatable bonds is 5. The van der Waals surface area contributed by atoms with Crippen LogP contribution in [0.4, 0.5) is 0 Å². The van der Waals surface area contributed by atoms with Gasteiger partial charge < -0.3 is 9.67 Å². The molecule has 29 heavy (non-hydrogen) atoms. The summed E-state index contributed by atoms with van der Waals surface area (Å²) in [5.74, 6) is 0.0416. The molecule has 1 N–H and O–H groups in total. The highest BCUT2D eigenvalue weighted by molar-refractivity contribution is 6.68. The Balaban J connectivity index is 1.92. The second-order valence-electron chi connectivity index (χ2n) is 6.91. The molecule has 0 aliphatic carbocycles. The number of fused-ring (bicyclic) bond motifs is 1. The van der Waals surface area contributed by atoms with Crippen molar-refractivity contribution in [3.05, 3.63) is 102 Å². The molecule has 3 aromatic carbocycles. The third kappa shape index (κ3) is 4.29. The fraction of sp³-hybridized carbons (Fsp3) is 0.174. The Morgan fingerprint density at radius 2 is 1.41 bits per heavy atom. The van der Waals surface area contributed by atoms with E-state index in [4.69, 9.17) is 39.8 Å². The predicted molar refractivity (Wildman–Crippen MR) is 120 cm³/mol. The van der Waals surface area contributed by atoms with E-state index in [1.807, 2.05) is 72.8 Å². The van der Waals surface area contributed by atoms with E-state index in [1.54, 1.807) is 0 Å². The van der Waals surface area contributed by atoms with E-state index in [0.29, 0.717) is 12.4 Å². The fourth-order valence-corrected chi connectivity index (χ4v) is 3.96. The smallest absolute Gasteiger partial charge is 0.217 e. The van der Waals surface area contributed by atoms with Crippen LogP contribution >= 0.6 is 34.8 Å². The summed E-state index contributed by atoms with van der Waals surface area (Å²) in [6.07, 6.45) is -1.28. The molecule has 6 heteroatoms. The van der Waals surface area contributed by atoms with E-state index in [-0.39, 0.29) is 0 Å². The van der Waals surface area contributed by atoms with E-state index >= 15 is 0 Å². The number of halogens is 3. The zero-order chi connectivity index (χ0) is 20.4. The van der Waals surface area contributed by atoms with Crippen molar-refractivity contribution in [1.29, 1.82) is 0 Å². The number of imidazole rings is 1. The first kappa shape index (κ1) is 20.2. The summed E-state index contributed by atoms with van der Waals surface area (Å²) in [6, 6.07) is 27.5. The maximum absolute atomic E-state index is 11.0. The van der Waals surface area contributed by atoms with Gasteiger partial charge >= 0.3 is 0 Å². The second kappa shape index (κ2) is 8.37. The molecule has 0 radical (unpaired) electrons. The van der Waals surface area contributed by atoms with Crippen LogP contribution in [-0.4, -0.2) is 24.6 Å². The van der Waals surface area contributed by atoms with Crippen molar-refractivity contribution in [2.45, 2.75) is 22.4 Å². The highest BCUT2D eigenvalue weighted by Gasteiger charge is 2.41. The van der Waals surface area contributed by atoms with Crippen LogP contribution in [0.5, 0.6) is 0 Å². The third-order valence-electron chi connectivity index (χ3n) is 4.96. The molecular formula is C23H19Cl3N2O. The van der Waals surface area contributed by atoms with Crippen molar-refractivity contribution in [3.63, 3.8) is 0 Å². The molecule has 0 fully saturated rings. The van der Waals surface area contributed by atoms with Gasteiger partial charge in [0.15, 0.2) is 0 Å². The Kier molecular flexibility index (Phi) is 5.84. The van der Waals surface area contributed by atoms with Gasteiger partial charge in [-0.3, -0.25) is 0 Å². The molecule has 0 saturated heterocycles. The minimum Gasteiger partial charge on any atom is -0.388 e. The van der Waals surface area contributed by atoms with Crippen molar-refractivity contribution < 1.29 is 5.11 Å². The molecule has 0 aliphatic rings. The van der Waals surface area contributed by atoms with Gasteiger partial charge in [0, 0.05) is 6.54 Å². The summed E-state index contributed by atoms with van der Waals surface area (Å²) >= 11 is 18.4. The number of aromatic nitrogens is 2. The van der Waals surface area contributed by atoms with E-state index in [9.17, 15) is 5.11 Å². The first-order chi connectivity index (χ1) is 13.9. The standard InChI is InChI=1S/C23H19Cl3N2O/c24-23(25,26)21(29)20(17-11-5-2-6-12-17)22-27-18-13-7-8-14-19(18)28(22)15-16-9-3-1-4-10-16/h1-14,20-21,29H,15H2. The van der Waals surface area contributed by atoms with Crippen LogP contribution in [0.15, 0.2) is 84.9 Å². The number of hydrogen-bond acceptors (Lipinski definition) is 2. The van der Waals surface area contributed by atoms with E-state index in [2.05, 4.69) is 16.7 Å². The van der Waals surface area contributed by atoms with Gasteiger partial charge in [-0.1, -0.05) is 108 Å². The molecule has 1 aromatic heterocycles. The van der Waals surface area contributed by atoms with E-state index in [0.717, 1.165) is 22.2 Å². The van der Waals surface area contributed by atoms with Crippen LogP contribution in [0.1, 0.15) is 22.9 Å². The van der Waals surface area contributed by atoms with Gasteiger partial charge in [0.2, 0.25) is 3.79 Å². The summed E-state index contributed by atoms with van der Waals surface area (Å²) in [6.45, 7) is 0.590. The molecule has 4 aromatic rings. The van der Waals surface area contributed by atoms with Gasteiger partial charge in [-0.15, -0.1) is 0 Å². The Morgan fingerprint density at radius 1 is 0.828 bits per heavy atom. The monoisotopic (exact) mass is 444 g/mol. The molecule has 0 amide bonds. The number of aliphatic hydroxyl groups is 1. The first-order valence-corrected chi connectivity index (χ1v) is 10.4. The maximum atomic E-state index is 11.0. The van der Waals surface area contributed by atoms with Crippen molar-refractivity contribution in [3.8, 4) is 0 Å². The lowest BCUT2D eigenvalue weighted by molar-refractivity contribution is 0.156. The summed E-state index contributed by atoms with van der Waals surface area (Å²) in [7, 11) is 0. The molecular weight excluding hydrogens is 427 g/mol. The molecule has 0 saturated carbocycles. The summed E-state index contributed by atoms with van der Waals surface area (Å²) < 4.78 is 0.220. The number of nitrogens with zero attached hydrogens (tertiary/aromatic N) is 2. The minimum atomic E-state index is -1.86. The van der Waals surface area contributed by atoms with Crippen LogP contribution in [0.3, 0.4) is 0 Å². The lowest BCUT2D eigenvalue weighted by atomic mass is 9.93. The number of hydrogen-bond donors (Lipinski definition) is 1. The van der Waals surface area contributed by atoms with Crippen LogP contribution in [0.25, 0.3) is 11.0 Å². The summed E-state index contributed by atoms with van der Waals surface area (Å²) in [5.41, 5.74) is 3.74. The van der Waals surface area contributed by atoms with E-state index in [1.165, 1.54) is 0 Å². The average Bonchev–Trinajstić information content (AvgIpc) is 3.07. The number of aliphatic hydroxyl groups excluding tert-OH is 1. The molecule has 0 spiro atoms. The van der Waals surface area contributed by atoms with Gasteiger partial charge in [-0.2, -0.15) is 0 Å². The van der Waals surface area contributed by atoms with Crippen molar-refractivity contribution in [2.75, 3.05) is 0 Å². The Hall–Kier alpha value is -2.04. The molecule has 3 nitrogen and oxygen atoms in total. The zero-order valence-electron chi connectivity index (χ0n) is 15.4. The predicted octanol–water partition coefficient (Wildman–Crippen LogP) is 5.95. The number of benzene rings is 3. The molecule has 1 heterocycles. The highest BCUT2D eigenvalue weighted by Crippen LogP contribution is 2.41. The van der Waals surface area contributed by atoms with Crippen molar-refractivity contribution >= 4 is 45.8 Å². The first-order valence-electron chi connectivity index (χ1n) is 9.24. The molecule has 2 atom stereocenters. The Morgan fingerprint density at radius 3 is 2.07 bits per heavy atom. The topological polar surface area (TPSA) is 38.1 Å². The SMILES string of the molecule is OC(C(c1ccccc1)c1nc2ccccc2n1Cc1ccccc1)C(Cl)(Cl)Cl. The fourth-order valence-electron chi connectivity index (χ4n) is 3.59. The van der Waals surface area contributed by atoms with Gasteiger partial charge in [-0.05, 0) is 23.3 Å². The largest absolute Gasteiger partial charge is 0.388 e. The lowest BCUT2D eigenvalue weighted by Gasteiger charge is -2.28. The Bertz CT molecular complexity index is 1090. The molecule has 148 valence electrons. The molecule has 0 aliphatic heterocycles. The van der Waals surface area contributed by atoms with Gasteiger partial charge in [0.05, 0.1) is 17.0 Å². The van der Waals surface area contributed by atoms with Crippen LogP contribution < -0.4 is 0 Å². The van der Waals surface area contributed by atoms with Gasteiger partial charge in [0.1, 0.15) is 11.9 Å². The Labute approximate surface area is 184 Å². The molecule has 0 bridgehead atoms. The lowest BCUT2D eigenvalue weighted by Crippen LogP contribution is -2.34. The average molecular weight is 446 g/mol. The maximum Gasteiger partial charge on any atom is 0.217 e. The zero-order valence-corrected chi connectivity index (χ0v) is 17.7. The number of alkyl halides is 3. The molecule has 2 unspecified atom stereocenters. The number of para-hydroxylation sites is 2. The van der Waals surface area contributed by atoms with Crippen molar-refractivity contribution in [2.24, 2.45) is 0 Å². The normalized spacial score (nSPS) is 14.1. The van der Waals surface area contributed by atoms with Crippen LogP contribution in [-0.2, 0) is 6.54 Å². The van der Waals surface area contributed by atoms with E-state index < -0.39 is 15.8 Å². The third-order valence-corrected chi connectivity index (χ3v) is 5.63. The van der Waals surface area contributed by atoms with Crippen LogP contribution in [0.2, 0.25) is 0 Å². The molecule has 4 rings (SSSR count). The minimum absolute atomic E-state index is 0.590. The van der Waals surface area contributed by atoms with Crippen LogP contribution in [0, 0.1) is 0 Å². The summed E-state index contributed by atoms with van der Waals surface area (Å²) in [5, 5.41) is 11.0. The quantitative estimate of drug-likeness (QED) is 0.386. The van der Waals surface area contributed by atoms with Crippen molar-refractivity contribution in [1.82, 2.24) is 9.55 Å². The highest BCUT2D eigenvalue weighted by atomic mass is 35.6. The summed E-state index contributed by atoms with van der Waals surface area (Å²) in [4.78, 5) is 4.85. The second-order valence-corrected chi connectivity index (χ2v) is 9.27. The van der Waals surface area contributed by atoms with Gasteiger partial charge in [-0.25, -0.2) is 4.98 Å².